The maximum Gasteiger partial charge on any atom is 0.113 e. The molecule has 2 aromatic carbocycles. The Bertz CT molecular complexity index is 682. The number of aromatic amines is 1. The lowest BCUT2D eigenvalue weighted by Gasteiger charge is -2.04. The van der Waals surface area contributed by atoms with Crippen LogP contribution < -0.4 is 5.46 Å². The molecule has 19 heavy (non-hydrogen) atoms. The summed E-state index contributed by atoms with van der Waals surface area (Å²) in [6.45, 7) is 1.95. The topological polar surface area (TPSA) is 28.7 Å². The molecule has 3 heteroatoms. The SMILES string of the molecule is [B]c1ccc(-c2ccc(-c3cnc(C)[nH]3)cc2)cc1. The first-order chi connectivity index (χ1) is 9.22. The van der Waals surface area contributed by atoms with Crippen molar-refractivity contribution in [1.82, 2.24) is 9.97 Å². The summed E-state index contributed by atoms with van der Waals surface area (Å²) < 4.78 is 0. The van der Waals surface area contributed by atoms with E-state index < -0.39 is 0 Å². The van der Waals surface area contributed by atoms with Gasteiger partial charge in [-0.2, -0.15) is 0 Å². The third kappa shape index (κ3) is 2.45. The molecule has 2 radical (unpaired) electrons. The van der Waals surface area contributed by atoms with E-state index in [-0.39, 0.29) is 0 Å². The minimum atomic E-state index is 0.785. The van der Waals surface area contributed by atoms with Crippen molar-refractivity contribution in [1.29, 1.82) is 0 Å². The largest absolute Gasteiger partial charge is 0.342 e. The lowest BCUT2D eigenvalue weighted by atomic mass is 9.93. The second-order valence-electron chi connectivity index (χ2n) is 4.58. The first-order valence-corrected chi connectivity index (χ1v) is 6.20. The fraction of sp³-hybridized carbons (Fsp3) is 0.0625. The van der Waals surface area contributed by atoms with Gasteiger partial charge in [0.15, 0.2) is 0 Å². The van der Waals surface area contributed by atoms with Crippen molar-refractivity contribution < 1.29 is 0 Å². The summed E-state index contributed by atoms with van der Waals surface area (Å²) in [6.07, 6.45) is 1.85. The molecule has 0 atom stereocenters. The Morgan fingerprint density at radius 2 is 1.37 bits per heavy atom. The van der Waals surface area contributed by atoms with Crippen LogP contribution in [0.4, 0.5) is 0 Å². The van der Waals surface area contributed by atoms with E-state index in [2.05, 4.69) is 34.2 Å². The second-order valence-corrected chi connectivity index (χ2v) is 4.58. The van der Waals surface area contributed by atoms with Gasteiger partial charge in [0.2, 0.25) is 0 Å². The number of rotatable bonds is 2. The molecule has 0 aliphatic heterocycles. The van der Waals surface area contributed by atoms with Crippen LogP contribution in [-0.2, 0) is 0 Å². The summed E-state index contributed by atoms with van der Waals surface area (Å²) >= 11 is 0. The van der Waals surface area contributed by atoms with E-state index >= 15 is 0 Å². The molecule has 3 rings (SSSR count). The Morgan fingerprint density at radius 3 is 1.89 bits per heavy atom. The van der Waals surface area contributed by atoms with Crippen LogP contribution in [0, 0.1) is 6.92 Å². The third-order valence-corrected chi connectivity index (χ3v) is 3.14. The molecule has 1 N–H and O–H groups in total. The molecule has 0 saturated carbocycles. The molecule has 0 unspecified atom stereocenters. The van der Waals surface area contributed by atoms with Crippen LogP contribution >= 0.6 is 0 Å². The Labute approximate surface area is 113 Å². The zero-order valence-corrected chi connectivity index (χ0v) is 10.7. The monoisotopic (exact) mass is 244 g/mol. The fourth-order valence-electron chi connectivity index (χ4n) is 2.09. The minimum absolute atomic E-state index is 0.785. The van der Waals surface area contributed by atoms with Crippen LogP contribution in [0.2, 0.25) is 0 Å². The van der Waals surface area contributed by atoms with Gasteiger partial charge in [-0.3, -0.25) is 0 Å². The van der Waals surface area contributed by atoms with Crippen molar-refractivity contribution in [2.75, 3.05) is 0 Å². The molecular formula is C16H13BN2. The normalized spacial score (nSPS) is 10.6. The molecule has 1 heterocycles. The predicted molar refractivity (Wildman–Crippen MR) is 79.6 cm³/mol. The summed E-state index contributed by atoms with van der Waals surface area (Å²) in [5.41, 5.74) is 5.32. The van der Waals surface area contributed by atoms with Crippen molar-refractivity contribution in [2.24, 2.45) is 0 Å². The highest BCUT2D eigenvalue weighted by Gasteiger charge is 2.02. The standard InChI is InChI=1S/C16H13BN2/c1-11-18-10-16(19-11)14-4-2-12(3-5-14)13-6-8-15(17)9-7-13/h2-10H,1H3,(H,18,19). The number of aryl methyl sites for hydroxylation is 1. The zero-order chi connectivity index (χ0) is 13.2. The lowest BCUT2D eigenvalue weighted by molar-refractivity contribution is 1.15. The predicted octanol–water partition coefficient (Wildman–Crippen LogP) is 2.85. The van der Waals surface area contributed by atoms with Gasteiger partial charge in [-0.1, -0.05) is 54.0 Å². The molecule has 0 aliphatic carbocycles. The van der Waals surface area contributed by atoms with Crippen LogP contribution in [-0.4, -0.2) is 17.8 Å². The highest BCUT2D eigenvalue weighted by Crippen LogP contribution is 2.23. The molecule has 90 valence electrons. The average Bonchev–Trinajstić information content (AvgIpc) is 2.87. The summed E-state index contributed by atoms with van der Waals surface area (Å²) in [4.78, 5) is 7.45. The van der Waals surface area contributed by atoms with Gasteiger partial charge in [-0.25, -0.2) is 4.98 Å². The molecule has 1 aromatic heterocycles. The summed E-state index contributed by atoms with van der Waals surface area (Å²) in [5.74, 6) is 0.928. The lowest BCUT2D eigenvalue weighted by Crippen LogP contribution is -1.99. The fourth-order valence-corrected chi connectivity index (χ4v) is 2.09. The van der Waals surface area contributed by atoms with Gasteiger partial charge in [0.05, 0.1) is 11.9 Å². The summed E-state index contributed by atoms with van der Waals surface area (Å²) in [6, 6.07) is 16.3. The highest BCUT2D eigenvalue weighted by molar-refractivity contribution is 6.32. The van der Waals surface area contributed by atoms with E-state index in [1.54, 1.807) is 0 Å². The smallest absolute Gasteiger partial charge is 0.113 e. The molecule has 3 aromatic rings. The number of imidazole rings is 1. The number of hydrogen-bond donors (Lipinski definition) is 1. The molecule has 0 amide bonds. The van der Waals surface area contributed by atoms with Crippen LogP contribution in [0.15, 0.2) is 54.7 Å². The van der Waals surface area contributed by atoms with Crippen LogP contribution in [0.5, 0.6) is 0 Å². The number of nitrogens with zero attached hydrogens (tertiary/aromatic N) is 1. The van der Waals surface area contributed by atoms with Crippen LogP contribution in [0.25, 0.3) is 22.4 Å². The van der Waals surface area contributed by atoms with Gasteiger partial charge in [0.1, 0.15) is 13.7 Å². The van der Waals surface area contributed by atoms with E-state index in [4.69, 9.17) is 7.85 Å². The molecule has 0 bridgehead atoms. The van der Waals surface area contributed by atoms with Crippen molar-refractivity contribution in [3.05, 3.63) is 60.6 Å². The van der Waals surface area contributed by atoms with Gasteiger partial charge in [-0.15, -0.1) is 0 Å². The maximum absolute atomic E-state index is 5.70. The number of hydrogen-bond acceptors (Lipinski definition) is 1. The van der Waals surface area contributed by atoms with Crippen LogP contribution in [0.1, 0.15) is 5.82 Å². The molecular weight excluding hydrogens is 231 g/mol. The number of aromatic nitrogens is 2. The Balaban J connectivity index is 1.92. The quantitative estimate of drug-likeness (QED) is 0.690. The third-order valence-electron chi connectivity index (χ3n) is 3.14. The Hall–Kier alpha value is -2.29. The first kappa shape index (κ1) is 11.8. The average molecular weight is 244 g/mol. The van der Waals surface area contributed by atoms with Crippen molar-refractivity contribution in [3.63, 3.8) is 0 Å². The Kier molecular flexibility index (Phi) is 2.96. The minimum Gasteiger partial charge on any atom is -0.342 e. The summed E-state index contributed by atoms with van der Waals surface area (Å²) in [7, 11) is 5.70. The van der Waals surface area contributed by atoms with Crippen molar-refractivity contribution in [3.8, 4) is 22.4 Å². The van der Waals surface area contributed by atoms with E-state index in [0.717, 1.165) is 22.5 Å². The molecule has 0 fully saturated rings. The van der Waals surface area contributed by atoms with Gasteiger partial charge >= 0.3 is 0 Å². The molecule has 0 spiro atoms. The zero-order valence-electron chi connectivity index (χ0n) is 10.7. The van der Waals surface area contributed by atoms with Crippen molar-refractivity contribution in [2.45, 2.75) is 6.92 Å². The highest BCUT2D eigenvalue weighted by atomic mass is 14.9. The summed E-state index contributed by atoms with van der Waals surface area (Å²) in [5, 5.41) is 0. The molecule has 0 aliphatic rings. The van der Waals surface area contributed by atoms with Gasteiger partial charge in [-0.05, 0) is 23.6 Å². The van der Waals surface area contributed by atoms with Gasteiger partial charge < -0.3 is 4.98 Å². The van der Waals surface area contributed by atoms with Crippen LogP contribution in [0.3, 0.4) is 0 Å². The van der Waals surface area contributed by atoms with E-state index in [1.807, 2.05) is 37.4 Å². The van der Waals surface area contributed by atoms with Gasteiger partial charge in [0.25, 0.3) is 0 Å². The molecule has 2 nitrogen and oxygen atoms in total. The Morgan fingerprint density at radius 1 is 0.842 bits per heavy atom. The number of nitrogens with one attached hydrogen (secondary N) is 1. The van der Waals surface area contributed by atoms with E-state index in [9.17, 15) is 0 Å². The number of H-pyrrole nitrogens is 1. The first-order valence-electron chi connectivity index (χ1n) is 6.20. The van der Waals surface area contributed by atoms with E-state index in [1.165, 1.54) is 11.1 Å². The van der Waals surface area contributed by atoms with E-state index in [0.29, 0.717) is 0 Å². The second kappa shape index (κ2) is 4.77. The maximum atomic E-state index is 5.70. The van der Waals surface area contributed by atoms with Gasteiger partial charge in [0, 0.05) is 0 Å². The number of benzene rings is 2. The molecule has 0 saturated heterocycles. The van der Waals surface area contributed by atoms with Crippen molar-refractivity contribution >= 4 is 13.3 Å².